The third-order valence-corrected chi connectivity index (χ3v) is 28.9. The molecule has 2 aliphatic carbocycles. The number of furan rings is 4. The van der Waals surface area contributed by atoms with Crippen molar-refractivity contribution in [3.63, 3.8) is 0 Å². The standard InChI is InChI=1S/2C63H40O2/c1-63(2)55-29-26-41(33-51(55)52-32-39-12-3-4-13-40(39)36-56(52)63)42-27-30-58-53(34-42)54-35-43(28-31-59(54)64-58)61-48-17-7-5-15-46(48)60(47-16-6-8-18-49(47)61)38-24-22-37(23-25-38)44-19-11-20-50-45-14-9-10-21-57(45)65-62(44)50;1-63(2)55-29-26-39(33-51(55)52-32-37-14-3-4-15-38(37)36-56(52)63)40-27-30-58-53(34-40)54-35-41(28-31-59(54)64-58)60-45-19-7-9-21-47(45)61(48-22-10-8-20-46(48)60)44-18-6-5-16-42(44)49-23-13-24-50-43-17-11-12-25-57(43)65-62(49)50/h2*3-36H,1-2H3. The van der Waals surface area contributed by atoms with E-state index in [-0.39, 0.29) is 10.8 Å². The lowest BCUT2D eigenvalue weighted by Crippen LogP contribution is -2.14. The molecule has 0 N–H and O–H groups in total. The number of rotatable bonds is 8. The lowest BCUT2D eigenvalue weighted by molar-refractivity contribution is 0.661. The van der Waals surface area contributed by atoms with Crippen LogP contribution in [0.2, 0.25) is 0 Å². The van der Waals surface area contributed by atoms with E-state index in [1.54, 1.807) is 0 Å². The Kier molecular flexibility index (Phi) is 15.9. The summed E-state index contributed by atoms with van der Waals surface area (Å²) in [5, 5.41) is 23.9. The second kappa shape index (κ2) is 28.0. The fourth-order valence-corrected chi connectivity index (χ4v) is 22.6. The van der Waals surface area contributed by atoms with E-state index < -0.39 is 0 Å². The molecule has 2 aliphatic rings. The first-order valence-electron chi connectivity index (χ1n) is 45.1. The average Bonchev–Trinajstić information content (AvgIpc) is 1.70. The Morgan fingerprint density at radius 2 is 0.423 bits per heavy atom. The molecule has 0 bridgehead atoms. The summed E-state index contributed by atoms with van der Waals surface area (Å²) in [5.74, 6) is 0. The fourth-order valence-electron chi connectivity index (χ4n) is 22.6. The number of benzene rings is 22. The second-order valence-corrected chi connectivity index (χ2v) is 36.7. The highest BCUT2D eigenvalue weighted by molar-refractivity contribution is 6.26. The van der Waals surface area contributed by atoms with Gasteiger partial charge in [0.15, 0.2) is 0 Å². The van der Waals surface area contributed by atoms with Gasteiger partial charge in [0.1, 0.15) is 44.7 Å². The molecule has 130 heavy (non-hydrogen) atoms. The highest BCUT2D eigenvalue weighted by Crippen LogP contribution is 2.56. The Morgan fingerprint density at radius 3 is 0.854 bits per heavy atom. The van der Waals surface area contributed by atoms with Crippen LogP contribution in [0.3, 0.4) is 0 Å². The van der Waals surface area contributed by atoms with E-state index in [1.165, 1.54) is 170 Å². The molecule has 0 saturated carbocycles. The van der Waals surface area contributed by atoms with Crippen molar-refractivity contribution in [2.75, 3.05) is 0 Å². The summed E-state index contributed by atoms with van der Waals surface area (Å²) in [7, 11) is 0. The Bertz CT molecular complexity index is 9260. The first-order chi connectivity index (χ1) is 63.9. The zero-order valence-electron chi connectivity index (χ0n) is 71.9. The van der Waals surface area contributed by atoms with Gasteiger partial charge in [0.05, 0.1) is 0 Å². The molecule has 0 aliphatic heterocycles. The van der Waals surface area contributed by atoms with Crippen LogP contribution in [0.25, 0.3) is 264 Å². The smallest absolute Gasteiger partial charge is 0.143 e. The molecule has 22 aromatic carbocycles. The van der Waals surface area contributed by atoms with Crippen LogP contribution in [0.1, 0.15) is 49.9 Å². The summed E-state index contributed by atoms with van der Waals surface area (Å²) in [6, 6.07) is 151. The molecular weight excluding hydrogens is 1580 g/mol. The first-order valence-corrected chi connectivity index (χ1v) is 45.1. The zero-order valence-corrected chi connectivity index (χ0v) is 71.9. The normalized spacial score (nSPS) is 13.2. The maximum Gasteiger partial charge on any atom is 0.143 e. The van der Waals surface area contributed by atoms with Crippen molar-refractivity contribution in [1.82, 2.24) is 0 Å². The lowest BCUT2D eigenvalue weighted by atomic mass is 9.81. The molecule has 28 rings (SSSR count). The predicted octanol–water partition coefficient (Wildman–Crippen LogP) is 35.8. The Balaban J connectivity index is 0.000000134. The quantitative estimate of drug-likeness (QED) is 0.142. The van der Waals surface area contributed by atoms with Crippen LogP contribution in [-0.4, -0.2) is 0 Å². The lowest BCUT2D eigenvalue weighted by Gasteiger charge is -2.22. The molecule has 0 unspecified atom stereocenters. The number of hydrogen-bond acceptors (Lipinski definition) is 4. The SMILES string of the molecule is CC1(C)c2ccc(-c3ccc4oc5ccc(-c6c7ccccc7c(-c7ccc(-c8cccc9c8oc8ccccc89)cc7)c7ccccc67)cc5c4c3)cc2-c2cc3ccccc3cc21.CC1(C)c2ccc(-c3ccc4oc5ccc(-c6c7ccccc7c(-c7ccccc7-c7cccc8c7oc7ccccc78)c7ccccc67)cc5c4c3)cc2-c2cc3ccccc3cc21. The van der Waals surface area contributed by atoms with Gasteiger partial charge in [0.2, 0.25) is 0 Å². The molecule has 26 aromatic rings. The zero-order chi connectivity index (χ0) is 85.9. The summed E-state index contributed by atoms with van der Waals surface area (Å²) < 4.78 is 26.2. The Hall–Kier alpha value is -16.4. The van der Waals surface area contributed by atoms with Gasteiger partial charge >= 0.3 is 0 Å². The van der Waals surface area contributed by atoms with Crippen molar-refractivity contribution in [2.45, 2.75) is 38.5 Å². The van der Waals surface area contributed by atoms with Crippen LogP contribution < -0.4 is 0 Å². The maximum atomic E-state index is 6.62. The Morgan fingerprint density at radius 1 is 0.146 bits per heavy atom. The number of para-hydroxylation sites is 4. The summed E-state index contributed by atoms with van der Waals surface area (Å²) in [5.41, 5.74) is 36.8. The van der Waals surface area contributed by atoms with Crippen LogP contribution in [0, 0.1) is 0 Å². The van der Waals surface area contributed by atoms with E-state index in [0.29, 0.717) is 0 Å². The molecule has 4 nitrogen and oxygen atoms in total. The molecule has 0 amide bonds. The summed E-state index contributed by atoms with van der Waals surface area (Å²) in [4.78, 5) is 0. The molecule has 0 fully saturated rings. The van der Waals surface area contributed by atoms with E-state index in [9.17, 15) is 0 Å². The van der Waals surface area contributed by atoms with Crippen LogP contribution in [-0.2, 0) is 10.8 Å². The van der Waals surface area contributed by atoms with Crippen LogP contribution in [0.5, 0.6) is 0 Å². The van der Waals surface area contributed by atoms with Crippen molar-refractivity contribution in [3.05, 3.63) is 435 Å². The molecular formula is C126H80O4. The second-order valence-electron chi connectivity index (χ2n) is 36.7. The molecule has 0 saturated heterocycles. The van der Waals surface area contributed by atoms with Gasteiger partial charge in [0, 0.05) is 65.0 Å². The molecule has 0 spiro atoms. The van der Waals surface area contributed by atoms with E-state index in [1.807, 2.05) is 18.2 Å². The molecule has 4 aromatic heterocycles. The molecule has 608 valence electrons. The van der Waals surface area contributed by atoms with Crippen molar-refractivity contribution in [1.29, 1.82) is 0 Å². The topological polar surface area (TPSA) is 52.6 Å². The molecule has 0 radical (unpaired) electrons. The summed E-state index contributed by atoms with van der Waals surface area (Å²) >= 11 is 0. The van der Waals surface area contributed by atoms with Gasteiger partial charge in [-0.1, -0.05) is 343 Å². The maximum absolute atomic E-state index is 6.62. The van der Waals surface area contributed by atoms with Gasteiger partial charge < -0.3 is 17.7 Å². The minimum atomic E-state index is -0.0750. The number of fused-ring (bicyclic) bond motifs is 24. The van der Waals surface area contributed by atoms with Gasteiger partial charge in [-0.05, 0) is 284 Å². The average molecular weight is 1660 g/mol. The Labute approximate surface area is 749 Å². The third-order valence-electron chi connectivity index (χ3n) is 28.9. The predicted molar refractivity (Wildman–Crippen MR) is 546 cm³/mol. The highest BCUT2D eigenvalue weighted by atomic mass is 16.3. The van der Waals surface area contributed by atoms with Crippen LogP contribution in [0.15, 0.2) is 430 Å². The molecule has 4 heteroatoms. The van der Waals surface area contributed by atoms with E-state index in [0.717, 1.165) is 116 Å². The van der Waals surface area contributed by atoms with Crippen LogP contribution in [0.4, 0.5) is 0 Å². The molecule has 0 atom stereocenters. The monoisotopic (exact) mass is 1660 g/mol. The van der Waals surface area contributed by atoms with Gasteiger partial charge in [-0.2, -0.15) is 0 Å². The fraction of sp³-hybridized carbons (Fsp3) is 0.0476. The molecule has 4 heterocycles. The van der Waals surface area contributed by atoms with Crippen molar-refractivity contribution < 1.29 is 17.7 Å². The number of hydrogen-bond donors (Lipinski definition) is 0. The largest absolute Gasteiger partial charge is 0.456 e. The van der Waals surface area contributed by atoms with Crippen molar-refractivity contribution in [2.24, 2.45) is 0 Å². The summed E-state index contributed by atoms with van der Waals surface area (Å²) in [6.45, 7) is 9.43. The highest BCUT2D eigenvalue weighted by Gasteiger charge is 2.38. The van der Waals surface area contributed by atoms with Gasteiger partial charge in [-0.15, -0.1) is 0 Å². The summed E-state index contributed by atoms with van der Waals surface area (Å²) in [6.07, 6.45) is 0. The minimum absolute atomic E-state index is 0.0714. The minimum Gasteiger partial charge on any atom is -0.456 e. The van der Waals surface area contributed by atoms with Crippen LogP contribution >= 0.6 is 0 Å². The van der Waals surface area contributed by atoms with Gasteiger partial charge in [-0.3, -0.25) is 0 Å². The first kappa shape index (κ1) is 73.9. The van der Waals surface area contributed by atoms with Crippen molar-refractivity contribution in [3.8, 4) is 111 Å². The van der Waals surface area contributed by atoms with E-state index >= 15 is 0 Å². The van der Waals surface area contributed by atoms with E-state index in [4.69, 9.17) is 17.7 Å². The van der Waals surface area contributed by atoms with E-state index in [2.05, 4.69) is 422 Å². The third kappa shape index (κ3) is 11.1. The van der Waals surface area contributed by atoms with Crippen molar-refractivity contribution >= 4 is 152 Å². The van der Waals surface area contributed by atoms with Gasteiger partial charge in [-0.25, -0.2) is 0 Å². The van der Waals surface area contributed by atoms with Gasteiger partial charge in [0.25, 0.3) is 0 Å².